The van der Waals surface area contributed by atoms with E-state index in [9.17, 15) is 5.26 Å². The van der Waals surface area contributed by atoms with Gasteiger partial charge in [0.15, 0.2) is 0 Å². The predicted octanol–water partition coefficient (Wildman–Crippen LogP) is 3.77. The Morgan fingerprint density at radius 1 is 0.889 bits per heavy atom. The Morgan fingerprint density at radius 2 is 1.72 bits per heavy atom. The van der Waals surface area contributed by atoms with Crippen LogP contribution in [0.1, 0.15) is 5.56 Å². The van der Waals surface area contributed by atoms with Crippen LogP contribution in [0.4, 0.5) is 0 Å². The third-order valence-electron chi connectivity index (χ3n) is 2.97. The van der Waals surface area contributed by atoms with Crippen molar-refractivity contribution in [3.8, 4) is 17.3 Å². The third kappa shape index (κ3) is 1.63. The number of benzene rings is 2. The third-order valence-corrected chi connectivity index (χ3v) is 2.97. The van der Waals surface area contributed by atoms with Crippen molar-refractivity contribution >= 4 is 10.8 Å². The van der Waals surface area contributed by atoms with Crippen LogP contribution in [-0.4, -0.2) is 4.98 Å². The van der Waals surface area contributed by atoms with Gasteiger partial charge in [0, 0.05) is 11.8 Å². The van der Waals surface area contributed by atoms with Crippen molar-refractivity contribution < 1.29 is 0 Å². The van der Waals surface area contributed by atoms with E-state index >= 15 is 0 Å². The minimum absolute atomic E-state index is 0.660. The fourth-order valence-corrected chi connectivity index (χ4v) is 2.15. The average molecular weight is 230 g/mol. The Balaban J connectivity index is 2.42. The van der Waals surface area contributed by atoms with Gasteiger partial charge in [0.2, 0.25) is 0 Å². The monoisotopic (exact) mass is 230 g/mol. The zero-order chi connectivity index (χ0) is 12.4. The van der Waals surface area contributed by atoms with E-state index in [1.807, 2.05) is 54.6 Å². The molecular formula is C16H10N2. The predicted molar refractivity (Wildman–Crippen MR) is 71.9 cm³/mol. The number of nitriles is 1. The van der Waals surface area contributed by atoms with Crippen LogP contribution >= 0.6 is 0 Å². The maximum Gasteiger partial charge on any atom is 0.0998 e. The first kappa shape index (κ1) is 10.5. The standard InChI is InChI=1S/C16H10N2/c17-11-13-9-8-12-5-1-2-6-14(12)16(13)15-7-3-4-10-18-15/h1-10H. The van der Waals surface area contributed by atoms with Crippen molar-refractivity contribution in [3.63, 3.8) is 0 Å². The summed E-state index contributed by atoms with van der Waals surface area (Å²) in [5.74, 6) is 0. The minimum Gasteiger partial charge on any atom is -0.256 e. The second kappa shape index (κ2) is 4.31. The number of hydrogen-bond acceptors (Lipinski definition) is 2. The molecule has 0 aliphatic carbocycles. The van der Waals surface area contributed by atoms with Crippen molar-refractivity contribution in [1.29, 1.82) is 5.26 Å². The number of hydrogen-bond donors (Lipinski definition) is 0. The lowest BCUT2D eigenvalue weighted by Crippen LogP contribution is -1.89. The summed E-state index contributed by atoms with van der Waals surface area (Å²) < 4.78 is 0. The van der Waals surface area contributed by atoms with Gasteiger partial charge in [-0.25, -0.2) is 0 Å². The molecule has 0 amide bonds. The molecular weight excluding hydrogens is 220 g/mol. The molecule has 3 rings (SSSR count). The molecule has 0 aliphatic heterocycles. The Morgan fingerprint density at radius 3 is 2.50 bits per heavy atom. The highest BCUT2D eigenvalue weighted by atomic mass is 14.7. The molecule has 84 valence electrons. The molecule has 1 heterocycles. The van der Waals surface area contributed by atoms with Gasteiger partial charge in [-0.3, -0.25) is 4.98 Å². The number of rotatable bonds is 1. The molecule has 18 heavy (non-hydrogen) atoms. The van der Waals surface area contributed by atoms with Crippen LogP contribution < -0.4 is 0 Å². The number of pyridine rings is 1. The first-order valence-corrected chi connectivity index (χ1v) is 5.73. The zero-order valence-corrected chi connectivity index (χ0v) is 9.67. The summed E-state index contributed by atoms with van der Waals surface area (Å²) in [4.78, 5) is 4.36. The SMILES string of the molecule is N#Cc1ccc2ccccc2c1-c1ccccn1. The topological polar surface area (TPSA) is 36.7 Å². The lowest BCUT2D eigenvalue weighted by molar-refractivity contribution is 1.33. The Hall–Kier alpha value is -2.66. The quantitative estimate of drug-likeness (QED) is 0.638. The van der Waals surface area contributed by atoms with Gasteiger partial charge in [0.05, 0.1) is 17.3 Å². The van der Waals surface area contributed by atoms with Gasteiger partial charge in [-0.05, 0) is 29.0 Å². The van der Waals surface area contributed by atoms with E-state index in [4.69, 9.17) is 0 Å². The van der Waals surface area contributed by atoms with Crippen LogP contribution in [0.25, 0.3) is 22.0 Å². The van der Waals surface area contributed by atoms with E-state index < -0.39 is 0 Å². The van der Waals surface area contributed by atoms with Crippen LogP contribution in [0.5, 0.6) is 0 Å². The van der Waals surface area contributed by atoms with Gasteiger partial charge in [-0.2, -0.15) is 5.26 Å². The Kier molecular flexibility index (Phi) is 2.51. The summed E-state index contributed by atoms with van der Waals surface area (Å²) in [6.07, 6.45) is 1.75. The average Bonchev–Trinajstić information content (AvgIpc) is 2.47. The lowest BCUT2D eigenvalue weighted by atomic mass is 9.97. The maximum absolute atomic E-state index is 9.26. The molecule has 0 atom stereocenters. The Bertz CT molecular complexity index is 740. The molecule has 0 N–H and O–H groups in total. The molecule has 3 aromatic rings. The second-order valence-electron chi connectivity index (χ2n) is 4.04. The van der Waals surface area contributed by atoms with Crippen molar-refractivity contribution in [2.75, 3.05) is 0 Å². The molecule has 0 aliphatic rings. The van der Waals surface area contributed by atoms with Gasteiger partial charge in [0.1, 0.15) is 0 Å². The van der Waals surface area contributed by atoms with Crippen molar-refractivity contribution in [2.24, 2.45) is 0 Å². The van der Waals surface area contributed by atoms with Crippen LogP contribution in [0.3, 0.4) is 0 Å². The number of aromatic nitrogens is 1. The summed E-state index contributed by atoms with van der Waals surface area (Å²) in [6.45, 7) is 0. The fourth-order valence-electron chi connectivity index (χ4n) is 2.15. The number of nitrogens with zero attached hydrogens (tertiary/aromatic N) is 2. The van der Waals surface area contributed by atoms with E-state index in [2.05, 4.69) is 11.1 Å². The molecule has 2 heteroatoms. The second-order valence-corrected chi connectivity index (χ2v) is 4.04. The highest BCUT2D eigenvalue weighted by molar-refractivity contribution is 5.98. The van der Waals surface area contributed by atoms with E-state index in [0.29, 0.717) is 5.56 Å². The fraction of sp³-hybridized carbons (Fsp3) is 0. The Labute approximate surface area is 105 Å². The molecule has 2 nitrogen and oxygen atoms in total. The smallest absolute Gasteiger partial charge is 0.0998 e. The van der Waals surface area contributed by atoms with Gasteiger partial charge >= 0.3 is 0 Å². The number of fused-ring (bicyclic) bond motifs is 1. The summed E-state index contributed by atoms with van der Waals surface area (Å²) in [5, 5.41) is 11.4. The summed E-state index contributed by atoms with van der Waals surface area (Å²) in [7, 11) is 0. The van der Waals surface area contributed by atoms with Crippen LogP contribution in [-0.2, 0) is 0 Å². The molecule has 0 spiro atoms. The van der Waals surface area contributed by atoms with Crippen LogP contribution in [0.2, 0.25) is 0 Å². The highest BCUT2D eigenvalue weighted by Crippen LogP contribution is 2.30. The molecule has 0 saturated carbocycles. The van der Waals surface area contributed by atoms with E-state index in [0.717, 1.165) is 22.0 Å². The van der Waals surface area contributed by atoms with Crippen molar-refractivity contribution in [3.05, 3.63) is 66.4 Å². The van der Waals surface area contributed by atoms with Crippen LogP contribution in [0.15, 0.2) is 60.8 Å². The summed E-state index contributed by atoms with van der Waals surface area (Å²) >= 11 is 0. The first-order chi connectivity index (χ1) is 8.90. The molecule has 2 aromatic carbocycles. The molecule has 0 unspecified atom stereocenters. The van der Waals surface area contributed by atoms with E-state index in [-0.39, 0.29) is 0 Å². The minimum atomic E-state index is 0.660. The molecule has 1 aromatic heterocycles. The van der Waals surface area contributed by atoms with Crippen LogP contribution in [0, 0.1) is 11.3 Å². The lowest BCUT2D eigenvalue weighted by Gasteiger charge is -2.08. The van der Waals surface area contributed by atoms with E-state index in [1.165, 1.54) is 0 Å². The van der Waals surface area contributed by atoms with Gasteiger partial charge in [-0.1, -0.05) is 36.4 Å². The molecule has 0 fully saturated rings. The van der Waals surface area contributed by atoms with Gasteiger partial charge in [0.25, 0.3) is 0 Å². The molecule has 0 bridgehead atoms. The zero-order valence-electron chi connectivity index (χ0n) is 9.67. The van der Waals surface area contributed by atoms with Gasteiger partial charge in [-0.15, -0.1) is 0 Å². The maximum atomic E-state index is 9.26. The molecule has 0 radical (unpaired) electrons. The van der Waals surface area contributed by atoms with E-state index in [1.54, 1.807) is 6.20 Å². The first-order valence-electron chi connectivity index (χ1n) is 5.73. The largest absolute Gasteiger partial charge is 0.256 e. The van der Waals surface area contributed by atoms with Crippen molar-refractivity contribution in [2.45, 2.75) is 0 Å². The molecule has 0 saturated heterocycles. The van der Waals surface area contributed by atoms with Gasteiger partial charge < -0.3 is 0 Å². The normalized spacial score (nSPS) is 10.2. The summed E-state index contributed by atoms with van der Waals surface area (Å²) in [5.41, 5.74) is 2.41. The van der Waals surface area contributed by atoms with Crippen molar-refractivity contribution in [1.82, 2.24) is 4.98 Å². The highest BCUT2D eigenvalue weighted by Gasteiger charge is 2.09. The summed E-state index contributed by atoms with van der Waals surface area (Å²) in [6, 6.07) is 19.9.